The van der Waals surface area contributed by atoms with Crippen molar-refractivity contribution in [3.05, 3.63) is 58.1 Å². The first-order chi connectivity index (χ1) is 14.5. The van der Waals surface area contributed by atoms with E-state index in [-0.39, 0.29) is 11.6 Å². The average Bonchev–Trinajstić information content (AvgIpc) is 3.29. The van der Waals surface area contributed by atoms with Crippen molar-refractivity contribution in [2.45, 2.75) is 32.6 Å². The smallest absolute Gasteiger partial charge is 0.293 e. The first-order valence-corrected chi connectivity index (χ1v) is 10.7. The molecule has 2 aliphatic heterocycles. The lowest BCUT2D eigenvalue weighted by atomic mass is 9.98. The molecule has 2 aromatic carbocycles. The summed E-state index contributed by atoms with van der Waals surface area (Å²) in [5.41, 5.74) is 2.62. The normalized spacial score (nSPS) is 17.2. The summed E-state index contributed by atoms with van der Waals surface area (Å²) in [6.45, 7) is 5.82. The summed E-state index contributed by atoms with van der Waals surface area (Å²) in [7, 11) is 0. The largest absolute Gasteiger partial charge is 0.370 e. The molecule has 0 atom stereocenters. The second-order valence-electron chi connectivity index (χ2n) is 8.30. The Morgan fingerprint density at radius 2 is 1.67 bits per heavy atom. The van der Waals surface area contributed by atoms with Gasteiger partial charge in [-0.3, -0.25) is 14.9 Å². The van der Waals surface area contributed by atoms with E-state index in [4.69, 9.17) is 0 Å². The Labute approximate surface area is 176 Å². The van der Waals surface area contributed by atoms with Gasteiger partial charge in [-0.2, -0.15) is 0 Å². The molecule has 7 nitrogen and oxygen atoms in total. The molecule has 2 aliphatic rings. The number of amides is 1. The number of nitrogens with zero attached hydrogens (tertiary/aromatic N) is 3. The Hall–Kier alpha value is -3.09. The van der Waals surface area contributed by atoms with Gasteiger partial charge in [-0.15, -0.1) is 0 Å². The molecule has 0 aliphatic carbocycles. The number of rotatable bonds is 5. The summed E-state index contributed by atoms with van der Waals surface area (Å²) in [6.07, 6.45) is 4.33. The Morgan fingerprint density at radius 1 is 1.00 bits per heavy atom. The number of anilines is 3. The van der Waals surface area contributed by atoms with E-state index in [1.165, 1.54) is 6.07 Å². The van der Waals surface area contributed by atoms with Crippen LogP contribution < -0.4 is 15.1 Å². The van der Waals surface area contributed by atoms with Gasteiger partial charge in [0.25, 0.3) is 11.6 Å². The van der Waals surface area contributed by atoms with Crippen molar-refractivity contribution in [1.82, 2.24) is 0 Å². The van der Waals surface area contributed by atoms with Crippen LogP contribution in [0.1, 0.15) is 43.0 Å². The SMILES string of the molecule is CC1CCN(c2ccccc2NC(=O)c2ccc(N3CCCC3)c([N+](=O)[O-])c2)CC1. The summed E-state index contributed by atoms with van der Waals surface area (Å²) in [4.78, 5) is 28.5. The Bertz CT molecular complexity index is 932. The molecule has 2 aromatic rings. The van der Waals surface area contributed by atoms with Crippen LogP contribution in [0, 0.1) is 16.0 Å². The van der Waals surface area contributed by atoms with E-state index in [0.717, 1.165) is 69.2 Å². The van der Waals surface area contributed by atoms with Gasteiger partial charge in [0, 0.05) is 37.8 Å². The van der Waals surface area contributed by atoms with E-state index in [1.807, 2.05) is 29.2 Å². The fourth-order valence-corrected chi connectivity index (χ4v) is 4.34. The van der Waals surface area contributed by atoms with Crippen molar-refractivity contribution in [2.75, 3.05) is 41.3 Å². The van der Waals surface area contributed by atoms with Crippen LogP contribution in [0.3, 0.4) is 0 Å². The molecule has 2 heterocycles. The quantitative estimate of drug-likeness (QED) is 0.574. The number of benzene rings is 2. The van der Waals surface area contributed by atoms with Crippen LogP contribution in [0.25, 0.3) is 0 Å². The van der Waals surface area contributed by atoms with Gasteiger partial charge < -0.3 is 15.1 Å². The summed E-state index contributed by atoms with van der Waals surface area (Å²) in [5.74, 6) is 0.390. The third kappa shape index (κ3) is 4.25. The van der Waals surface area contributed by atoms with E-state index >= 15 is 0 Å². The van der Waals surface area contributed by atoms with Gasteiger partial charge in [0.1, 0.15) is 5.69 Å². The minimum atomic E-state index is -0.396. The first-order valence-electron chi connectivity index (χ1n) is 10.7. The van der Waals surface area contributed by atoms with Crippen molar-refractivity contribution in [3.8, 4) is 0 Å². The maximum atomic E-state index is 12.9. The first kappa shape index (κ1) is 20.2. The summed E-state index contributed by atoms with van der Waals surface area (Å²) in [6, 6.07) is 12.6. The monoisotopic (exact) mass is 408 g/mol. The number of nitro groups is 1. The van der Waals surface area contributed by atoms with Crippen LogP contribution in [0.4, 0.5) is 22.7 Å². The standard InChI is InChI=1S/C23H28N4O3/c1-17-10-14-26(15-11-17)20-7-3-2-6-19(20)24-23(28)18-8-9-21(22(16-18)27(29)30)25-12-4-5-13-25/h2-3,6-9,16-17H,4-5,10-15H2,1H3,(H,24,28). The molecule has 2 fully saturated rings. The van der Waals surface area contributed by atoms with Crippen LogP contribution in [-0.2, 0) is 0 Å². The molecule has 0 bridgehead atoms. The molecule has 158 valence electrons. The van der Waals surface area contributed by atoms with Crippen LogP contribution >= 0.6 is 0 Å². The number of carbonyl (C=O) groups is 1. The second kappa shape index (κ2) is 8.73. The molecule has 1 N–H and O–H groups in total. The molecule has 0 saturated carbocycles. The summed E-state index contributed by atoms with van der Waals surface area (Å²) >= 11 is 0. The minimum Gasteiger partial charge on any atom is -0.370 e. The maximum absolute atomic E-state index is 12.9. The number of hydrogen-bond donors (Lipinski definition) is 1. The lowest BCUT2D eigenvalue weighted by molar-refractivity contribution is -0.384. The topological polar surface area (TPSA) is 78.7 Å². The molecule has 0 unspecified atom stereocenters. The van der Waals surface area contributed by atoms with Crippen molar-refractivity contribution in [3.63, 3.8) is 0 Å². The van der Waals surface area contributed by atoms with Crippen LogP contribution in [-0.4, -0.2) is 37.0 Å². The second-order valence-corrected chi connectivity index (χ2v) is 8.30. The molecule has 30 heavy (non-hydrogen) atoms. The van der Waals surface area contributed by atoms with E-state index in [9.17, 15) is 14.9 Å². The Balaban J connectivity index is 1.56. The average molecular weight is 409 g/mol. The lowest BCUT2D eigenvalue weighted by Gasteiger charge is -2.33. The van der Waals surface area contributed by atoms with Gasteiger partial charge in [-0.1, -0.05) is 19.1 Å². The highest BCUT2D eigenvalue weighted by Crippen LogP contribution is 2.33. The fraction of sp³-hybridized carbons (Fsp3) is 0.435. The molecule has 7 heteroatoms. The number of carbonyl (C=O) groups excluding carboxylic acids is 1. The number of nitrogens with one attached hydrogen (secondary N) is 1. The molecule has 0 aromatic heterocycles. The van der Waals surface area contributed by atoms with Gasteiger partial charge in [0.05, 0.1) is 16.3 Å². The Morgan fingerprint density at radius 3 is 2.37 bits per heavy atom. The van der Waals surface area contributed by atoms with Gasteiger partial charge >= 0.3 is 0 Å². The fourth-order valence-electron chi connectivity index (χ4n) is 4.34. The van der Waals surface area contributed by atoms with Crippen molar-refractivity contribution < 1.29 is 9.72 Å². The number of para-hydroxylation sites is 2. The maximum Gasteiger partial charge on any atom is 0.293 e. The van der Waals surface area contributed by atoms with Crippen LogP contribution in [0.15, 0.2) is 42.5 Å². The van der Waals surface area contributed by atoms with Crippen molar-refractivity contribution in [1.29, 1.82) is 0 Å². The van der Waals surface area contributed by atoms with Crippen LogP contribution in [0.2, 0.25) is 0 Å². The van der Waals surface area contributed by atoms with Crippen LogP contribution in [0.5, 0.6) is 0 Å². The predicted molar refractivity (Wildman–Crippen MR) is 120 cm³/mol. The minimum absolute atomic E-state index is 0.0112. The van der Waals surface area contributed by atoms with E-state index in [0.29, 0.717) is 11.3 Å². The lowest BCUT2D eigenvalue weighted by Crippen LogP contribution is -2.33. The van der Waals surface area contributed by atoms with Crippen molar-refractivity contribution in [2.24, 2.45) is 5.92 Å². The highest BCUT2D eigenvalue weighted by molar-refractivity contribution is 6.06. The third-order valence-corrected chi connectivity index (χ3v) is 6.16. The molecule has 1 amide bonds. The molecule has 0 radical (unpaired) electrons. The zero-order valence-electron chi connectivity index (χ0n) is 17.3. The molecular formula is C23H28N4O3. The van der Waals surface area contributed by atoms with E-state index < -0.39 is 4.92 Å². The number of piperidine rings is 1. The number of nitro benzene ring substituents is 1. The zero-order valence-corrected chi connectivity index (χ0v) is 17.3. The van der Waals surface area contributed by atoms with Gasteiger partial charge in [0.15, 0.2) is 0 Å². The third-order valence-electron chi connectivity index (χ3n) is 6.16. The molecule has 4 rings (SSSR count). The van der Waals surface area contributed by atoms with Gasteiger partial charge in [0.2, 0.25) is 0 Å². The highest BCUT2D eigenvalue weighted by Gasteiger charge is 2.24. The zero-order chi connectivity index (χ0) is 21.1. The highest BCUT2D eigenvalue weighted by atomic mass is 16.6. The summed E-state index contributed by atoms with van der Waals surface area (Å²) in [5, 5.41) is 14.6. The van der Waals surface area contributed by atoms with Crippen molar-refractivity contribution >= 4 is 28.7 Å². The van der Waals surface area contributed by atoms with Gasteiger partial charge in [-0.25, -0.2) is 0 Å². The number of hydrogen-bond acceptors (Lipinski definition) is 5. The summed E-state index contributed by atoms with van der Waals surface area (Å²) < 4.78 is 0. The van der Waals surface area contributed by atoms with Gasteiger partial charge in [-0.05, 0) is 55.9 Å². The Kier molecular flexibility index (Phi) is 5.88. The molecule has 2 saturated heterocycles. The van der Waals surface area contributed by atoms with E-state index in [2.05, 4.69) is 17.1 Å². The molecule has 0 spiro atoms. The van der Waals surface area contributed by atoms with E-state index in [1.54, 1.807) is 12.1 Å². The predicted octanol–water partition coefficient (Wildman–Crippen LogP) is 4.68. The molecular weight excluding hydrogens is 380 g/mol.